The van der Waals surface area contributed by atoms with Gasteiger partial charge in [0.15, 0.2) is 11.6 Å². The second-order valence-electron chi connectivity index (χ2n) is 7.31. The average molecular weight is 477 g/mol. The van der Waals surface area contributed by atoms with Crippen molar-refractivity contribution in [1.29, 1.82) is 0 Å². The molecule has 0 radical (unpaired) electrons. The number of anilines is 2. The predicted octanol–water partition coefficient (Wildman–Crippen LogP) is 3.55. The minimum atomic E-state index is -4.54. The first-order valence-electron chi connectivity index (χ1n) is 9.52. The Labute approximate surface area is 188 Å². The molecule has 31 heavy (non-hydrogen) atoms. The van der Waals surface area contributed by atoms with E-state index in [0.717, 1.165) is 12.5 Å². The van der Waals surface area contributed by atoms with Crippen molar-refractivity contribution in [2.45, 2.75) is 12.6 Å². The highest BCUT2D eigenvalue weighted by Crippen LogP contribution is 2.38. The predicted molar refractivity (Wildman–Crippen MR) is 115 cm³/mol. The molecule has 168 valence electrons. The number of hydrogen-bond acceptors (Lipinski definition) is 5. The van der Waals surface area contributed by atoms with Crippen LogP contribution in [0.15, 0.2) is 24.4 Å². The maximum Gasteiger partial charge on any atom is 0.417 e. The Hall–Kier alpha value is -2.30. The highest BCUT2D eigenvalue weighted by atomic mass is 35.5. The fraction of sp³-hybridized carbons (Fsp3) is 0.421. The fourth-order valence-electron chi connectivity index (χ4n) is 3.73. The van der Waals surface area contributed by atoms with Crippen molar-refractivity contribution in [3.05, 3.63) is 35.0 Å². The molecule has 12 heteroatoms. The summed E-state index contributed by atoms with van der Waals surface area (Å²) in [6.45, 7) is 2.94. The zero-order valence-corrected chi connectivity index (χ0v) is 17.9. The molecule has 2 aliphatic rings. The maximum atomic E-state index is 13.0. The number of nitrogens with one attached hydrogen (secondary N) is 1. The summed E-state index contributed by atoms with van der Waals surface area (Å²) >= 11 is 5.86. The van der Waals surface area contributed by atoms with Gasteiger partial charge in [0.2, 0.25) is 0 Å². The molecule has 2 aliphatic heterocycles. The summed E-state index contributed by atoms with van der Waals surface area (Å²) in [6.07, 6.45) is -2.11. The number of aromatic nitrogens is 2. The minimum absolute atomic E-state index is 0. The molecule has 7 nitrogen and oxygen atoms in total. The SMILES string of the molecule is Cl.NCC1CCN(c2nc(-c3ccc(C(F)(F)F)c(Cl)c3)ncc2N2CCNC2=O)C1. The third-order valence-electron chi connectivity index (χ3n) is 5.35. The Bertz CT molecular complexity index is 974. The number of benzene rings is 1. The van der Waals surface area contributed by atoms with Gasteiger partial charge in [-0.1, -0.05) is 17.7 Å². The molecule has 1 atom stereocenters. The van der Waals surface area contributed by atoms with E-state index in [9.17, 15) is 18.0 Å². The summed E-state index contributed by atoms with van der Waals surface area (Å²) < 4.78 is 39.0. The second kappa shape index (κ2) is 9.05. The first-order valence-corrected chi connectivity index (χ1v) is 9.90. The molecule has 1 aromatic heterocycles. The zero-order chi connectivity index (χ0) is 21.5. The van der Waals surface area contributed by atoms with E-state index in [1.165, 1.54) is 18.3 Å². The van der Waals surface area contributed by atoms with Gasteiger partial charge in [-0.2, -0.15) is 13.2 Å². The van der Waals surface area contributed by atoms with Crippen molar-refractivity contribution >= 4 is 41.5 Å². The molecule has 4 rings (SSSR count). The molecule has 0 aliphatic carbocycles. The van der Waals surface area contributed by atoms with Crippen molar-refractivity contribution in [1.82, 2.24) is 15.3 Å². The lowest BCUT2D eigenvalue weighted by molar-refractivity contribution is -0.137. The van der Waals surface area contributed by atoms with Crippen LogP contribution in [0.2, 0.25) is 5.02 Å². The topological polar surface area (TPSA) is 87.4 Å². The number of hydrogen-bond donors (Lipinski definition) is 2. The minimum Gasteiger partial charge on any atom is -0.354 e. The maximum absolute atomic E-state index is 13.0. The van der Waals surface area contributed by atoms with Crippen LogP contribution in [-0.2, 0) is 6.18 Å². The van der Waals surface area contributed by atoms with Crippen LogP contribution < -0.4 is 20.9 Å². The third-order valence-corrected chi connectivity index (χ3v) is 5.66. The van der Waals surface area contributed by atoms with Gasteiger partial charge in [-0.05, 0) is 31.0 Å². The molecule has 2 aromatic rings. The first-order chi connectivity index (χ1) is 14.3. The number of halogens is 5. The van der Waals surface area contributed by atoms with Crippen molar-refractivity contribution in [2.24, 2.45) is 11.7 Å². The molecule has 1 aromatic carbocycles. The number of nitrogens with zero attached hydrogens (tertiary/aromatic N) is 4. The van der Waals surface area contributed by atoms with Crippen molar-refractivity contribution < 1.29 is 18.0 Å². The standard InChI is InChI=1S/C19H20ClF3N6O.ClH/c20-14-7-12(1-2-13(14)19(21,22)23)16-26-9-15(29-6-4-25-18(29)30)17(27-16)28-5-3-11(8-24)10-28;/h1-2,7,9,11H,3-6,8,10,24H2,(H,25,30);1H. The summed E-state index contributed by atoms with van der Waals surface area (Å²) in [5, 5.41) is 2.33. The van der Waals surface area contributed by atoms with Crippen LogP contribution in [0.4, 0.5) is 29.5 Å². The van der Waals surface area contributed by atoms with Gasteiger partial charge in [0.1, 0.15) is 5.69 Å². The molecule has 2 amide bonds. The molecular formula is C19H21Cl2F3N6O. The van der Waals surface area contributed by atoms with Gasteiger partial charge < -0.3 is 16.0 Å². The number of alkyl halides is 3. The monoisotopic (exact) mass is 476 g/mol. The van der Waals surface area contributed by atoms with Crippen LogP contribution in [0.1, 0.15) is 12.0 Å². The van der Waals surface area contributed by atoms with Crippen LogP contribution in [0, 0.1) is 5.92 Å². The lowest BCUT2D eigenvalue weighted by Gasteiger charge is -2.25. The molecule has 3 heterocycles. The second-order valence-corrected chi connectivity index (χ2v) is 7.72. The van der Waals surface area contributed by atoms with Crippen LogP contribution in [0.25, 0.3) is 11.4 Å². The molecule has 0 bridgehead atoms. The van der Waals surface area contributed by atoms with Gasteiger partial charge >= 0.3 is 12.2 Å². The number of carbonyl (C=O) groups excluding carboxylic acids is 1. The Morgan fingerprint density at radius 3 is 2.65 bits per heavy atom. The normalized spacial score (nSPS) is 18.9. The highest BCUT2D eigenvalue weighted by Gasteiger charge is 2.34. The van der Waals surface area contributed by atoms with E-state index in [1.54, 1.807) is 4.90 Å². The number of carbonyl (C=O) groups is 1. The van der Waals surface area contributed by atoms with E-state index in [2.05, 4.69) is 15.3 Å². The van der Waals surface area contributed by atoms with Gasteiger partial charge in [0.25, 0.3) is 0 Å². The van der Waals surface area contributed by atoms with E-state index in [0.29, 0.717) is 55.7 Å². The Balaban J connectivity index is 0.00000272. The Kier molecular flexibility index (Phi) is 6.82. The number of nitrogens with two attached hydrogens (primary N) is 1. The molecule has 0 spiro atoms. The van der Waals surface area contributed by atoms with Gasteiger partial charge in [-0.3, -0.25) is 4.90 Å². The van der Waals surface area contributed by atoms with E-state index in [1.807, 2.05) is 4.90 Å². The van der Waals surface area contributed by atoms with Crippen LogP contribution in [0.5, 0.6) is 0 Å². The number of urea groups is 1. The van der Waals surface area contributed by atoms with Gasteiger partial charge in [-0.15, -0.1) is 12.4 Å². The zero-order valence-electron chi connectivity index (χ0n) is 16.3. The van der Waals surface area contributed by atoms with Crippen LogP contribution >= 0.6 is 24.0 Å². The van der Waals surface area contributed by atoms with Crippen LogP contribution in [0.3, 0.4) is 0 Å². The van der Waals surface area contributed by atoms with E-state index in [-0.39, 0.29) is 24.3 Å². The largest absolute Gasteiger partial charge is 0.417 e. The molecule has 0 saturated carbocycles. The van der Waals surface area contributed by atoms with Gasteiger partial charge in [0, 0.05) is 31.7 Å². The van der Waals surface area contributed by atoms with E-state index in [4.69, 9.17) is 17.3 Å². The fourth-order valence-corrected chi connectivity index (χ4v) is 4.02. The molecule has 2 saturated heterocycles. The lowest BCUT2D eigenvalue weighted by atomic mass is 10.1. The lowest BCUT2D eigenvalue weighted by Crippen LogP contribution is -2.31. The molecular weight excluding hydrogens is 456 g/mol. The Morgan fingerprint density at radius 2 is 2.06 bits per heavy atom. The van der Waals surface area contributed by atoms with Gasteiger partial charge in [-0.25, -0.2) is 14.8 Å². The van der Waals surface area contributed by atoms with Crippen LogP contribution in [-0.4, -0.2) is 48.7 Å². The van der Waals surface area contributed by atoms with Crippen molar-refractivity contribution in [3.63, 3.8) is 0 Å². The summed E-state index contributed by atoms with van der Waals surface area (Å²) in [4.78, 5) is 24.7. The third kappa shape index (κ3) is 4.65. The van der Waals surface area contributed by atoms with Crippen molar-refractivity contribution in [3.8, 4) is 11.4 Å². The van der Waals surface area contributed by atoms with E-state index >= 15 is 0 Å². The summed E-state index contributed by atoms with van der Waals surface area (Å²) in [6, 6.07) is 3.18. The number of amides is 2. The quantitative estimate of drug-likeness (QED) is 0.704. The molecule has 1 unspecified atom stereocenters. The smallest absolute Gasteiger partial charge is 0.354 e. The first kappa shape index (κ1) is 23.4. The molecule has 2 fully saturated rings. The van der Waals surface area contributed by atoms with Gasteiger partial charge in [0.05, 0.1) is 16.8 Å². The summed E-state index contributed by atoms with van der Waals surface area (Å²) in [5.41, 5.74) is 5.81. The average Bonchev–Trinajstić information content (AvgIpc) is 3.35. The summed E-state index contributed by atoms with van der Waals surface area (Å²) in [5.74, 6) is 1.10. The van der Waals surface area contributed by atoms with E-state index < -0.39 is 16.8 Å². The number of rotatable bonds is 4. The summed E-state index contributed by atoms with van der Waals surface area (Å²) in [7, 11) is 0. The molecule has 3 N–H and O–H groups in total. The highest BCUT2D eigenvalue weighted by molar-refractivity contribution is 6.31. The Morgan fingerprint density at radius 1 is 1.29 bits per heavy atom. The van der Waals surface area contributed by atoms with Crippen molar-refractivity contribution in [2.75, 3.05) is 42.5 Å².